The van der Waals surface area contributed by atoms with Gasteiger partial charge < -0.3 is 14.4 Å². The number of hydrogen-bond donors (Lipinski definition) is 0. The second-order valence-electron chi connectivity index (χ2n) is 9.18. The van der Waals surface area contributed by atoms with Crippen LogP contribution in [-0.4, -0.2) is 54.5 Å². The topological polar surface area (TPSA) is 51.7 Å². The fourth-order valence-corrected chi connectivity index (χ4v) is 4.27. The van der Waals surface area contributed by atoms with E-state index in [1.807, 2.05) is 44.1 Å². The lowest BCUT2D eigenvalue weighted by molar-refractivity contribution is -0.119. The third-order valence-corrected chi connectivity index (χ3v) is 6.73. The number of piperidine rings is 1. The Bertz CT molecular complexity index is 924. The van der Waals surface area contributed by atoms with Gasteiger partial charge in [0.1, 0.15) is 17.7 Å². The van der Waals surface area contributed by atoms with Gasteiger partial charge in [-0.1, -0.05) is 6.07 Å². The number of carbonyl (C=O) groups is 1. The summed E-state index contributed by atoms with van der Waals surface area (Å²) in [5, 5.41) is 0. The lowest BCUT2D eigenvalue weighted by Gasteiger charge is -2.32. The molecule has 0 aliphatic carbocycles. The monoisotopic (exact) mass is 460 g/mol. The summed E-state index contributed by atoms with van der Waals surface area (Å²) >= 11 is 1.40. The number of nitrogens with zero attached hydrogens (tertiary/aromatic N) is 2. The van der Waals surface area contributed by atoms with E-state index < -0.39 is 0 Å². The van der Waals surface area contributed by atoms with Gasteiger partial charge in [-0.2, -0.15) is 0 Å². The molecule has 1 unspecified atom stereocenters. The summed E-state index contributed by atoms with van der Waals surface area (Å²) in [6, 6.07) is 7.27. The molecule has 1 saturated heterocycles. The number of halogens is 1. The smallest absolute Gasteiger partial charge is 0.209 e. The fraction of sp³-hybridized carbons (Fsp3) is 0.520. The molecule has 5 nitrogen and oxygen atoms in total. The van der Waals surface area contributed by atoms with Crippen molar-refractivity contribution in [2.24, 2.45) is 5.92 Å². The summed E-state index contributed by atoms with van der Waals surface area (Å²) in [5.74, 6) is 1.08. The van der Waals surface area contributed by atoms with Crippen molar-refractivity contribution in [2.75, 3.05) is 26.5 Å². The van der Waals surface area contributed by atoms with Crippen LogP contribution in [0.5, 0.6) is 5.75 Å². The molecule has 174 valence electrons. The van der Waals surface area contributed by atoms with E-state index in [1.54, 1.807) is 25.4 Å². The normalized spacial score (nSPS) is 18.4. The average molecular weight is 461 g/mol. The second kappa shape index (κ2) is 10.7. The van der Waals surface area contributed by atoms with E-state index >= 15 is 0 Å². The molecule has 32 heavy (non-hydrogen) atoms. The summed E-state index contributed by atoms with van der Waals surface area (Å²) < 4.78 is 25.1. The van der Waals surface area contributed by atoms with E-state index in [1.165, 1.54) is 11.8 Å². The second-order valence-corrected chi connectivity index (χ2v) is 10.0. The quantitative estimate of drug-likeness (QED) is 0.463. The van der Waals surface area contributed by atoms with Crippen LogP contribution in [-0.2, 0) is 16.0 Å². The molecule has 1 fully saturated rings. The van der Waals surface area contributed by atoms with Gasteiger partial charge in [-0.15, -0.1) is 11.8 Å². The molecule has 7 heteroatoms. The number of carbonyl (C=O) groups excluding carboxylic acids is 1. The predicted octanol–water partition coefficient (Wildman–Crippen LogP) is 5.21. The molecule has 4 rings (SSSR count). The molecule has 2 aromatic rings. The molecule has 1 aromatic heterocycles. The van der Waals surface area contributed by atoms with Gasteiger partial charge in [0.2, 0.25) is 6.41 Å². The minimum Gasteiger partial charge on any atom is -0.488 e. The predicted molar refractivity (Wildman–Crippen MR) is 127 cm³/mol. The van der Waals surface area contributed by atoms with Gasteiger partial charge in [0, 0.05) is 42.6 Å². The van der Waals surface area contributed by atoms with Crippen molar-refractivity contribution >= 4 is 18.2 Å². The van der Waals surface area contributed by atoms with E-state index in [0.717, 1.165) is 61.3 Å². The number of hydrogen-bond acceptors (Lipinski definition) is 5. The Labute approximate surface area is 194 Å². The Morgan fingerprint density at radius 2 is 1.94 bits per heavy atom. The number of thioether (sulfide) groups is 1. The zero-order chi connectivity index (χ0) is 23.3. The summed E-state index contributed by atoms with van der Waals surface area (Å²) in [6.07, 6.45) is 7.48. The van der Waals surface area contributed by atoms with Crippen molar-refractivity contribution in [2.45, 2.75) is 56.6 Å². The molecule has 0 radical (unpaired) electrons. The molecule has 1 amide bonds. The maximum atomic E-state index is 14.1. The van der Waals surface area contributed by atoms with Crippen molar-refractivity contribution in [3.63, 3.8) is 0 Å². The van der Waals surface area contributed by atoms with Crippen molar-refractivity contribution in [3.05, 3.63) is 41.8 Å². The van der Waals surface area contributed by atoms with Crippen molar-refractivity contribution in [3.8, 4) is 17.0 Å². The zero-order valence-corrected chi connectivity index (χ0v) is 20.4. The number of ether oxygens (including phenoxy) is 2. The average Bonchev–Trinajstić information content (AvgIpc) is 3.22. The van der Waals surface area contributed by atoms with Gasteiger partial charge in [-0.25, -0.2) is 4.39 Å². The largest absolute Gasteiger partial charge is 0.488 e. The van der Waals surface area contributed by atoms with E-state index in [4.69, 9.17) is 9.47 Å². The van der Waals surface area contributed by atoms with Crippen LogP contribution >= 0.6 is 11.8 Å². The van der Waals surface area contributed by atoms with Crippen LogP contribution in [0.2, 0.25) is 0 Å². The highest BCUT2D eigenvalue weighted by atomic mass is 32.2. The molecule has 3 heterocycles. The van der Waals surface area contributed by atoms with E-state index in [9.17, 15) is 9.18 Å². The Hall–Kier alpha value is -2.12. The van der Waals surface area contributed by atoms with Crippen LogP contribution in [0.25, 0.3) is 11.3 Å². The van der Waals surface area contributed by atoms with Crippen LogP contribution in [0, 0.1) is 11.7 Å². The number of rotatable bonds is 4. The maximum absolute atomic E-state index is 14.1. The number of aromatic nitrogens is 1. The van der Waals surface area contributed by atoms with E-state index in [0.29, 0.717) is 10.8 Å². The van der Waals surface area contributed by atoms with Crippen LogP contribution in [0.4, 0.5) is 4.39 Å². The minimum atomic E-state index is -0.214. The van der Waals surface area contributed by atoms with Crippen LogP contribution in [0.1, 0.15) is 39.2 Å². The number of methoxy groups -OCH3 is 1. The first-order chi connectivity index (χ1) is 15.2. The molecule has 2 aliphatic rings. The third kappa shape index (κ3) is 6.23. The molecule has 1 aromatic carbocycles. The Morgan fingerprint density at radius 1 is 1.25 bits per heavy atom. The van der Waals surface area contributed by atoms with Crippen molar-refractivity contribution in [1.29, 1.82) is 0 Å². The molecule has 0 N–H and O–H groups in total. The number of amides is 1. The van der Waals surface area contributed by atoms with Gasteiger partial charge in [0.15, 0.2) is 0 Å². The maximum Gasteiger partial charge on any atom is 0.209 e. The van der Waals surface area contributed by atoms with Gasteiger partial charge >= 0.3 is 0 Å². The summed E-state index contributed by atoms with van der Waals surface area (Å²) in [5.41, 5.74) is 2.73. The Kier molecular flexibility index (Phi) is 8.17. The molecule has 1 atom stereocenters. The van der Waals surface area contributed by atoms with Gasteiger partial charge in [0.05, 0.1) is 17.5 Å². The minimum absolute atomic E-state index is 0.0417. The number of likely N-dealkylation sites (tertiary alicyclic amines) is 1. The first kappa shape index (κ1) is 24.5. The first-order valence-corrected chi connectivity index (χ1v) is 12.2. The highest BCUT2D eigenvalue weighted by Gasteiger charge is 2.33. The van der Waals surface area contributed by atoms with Crippen LogP contribution in [0.15, 0.2) is 35.4 Å². The van der Waals surface area contributed by atoms with Crippen LogP contribution in [0.3, 0.4) is 0 Å². The summed E-state index contributed by atoms with van der Waals surface area (Å²) in [6.45, 7) is 7.66. The molecule has 2 aliphatic heterocycles. The number of pyridine rings is 1. The lowest BCUT2D eigenvalue weighted by Crippen LogP contribution is -2.38. The Morgan fingerprint density at radius 3 is 2.50 bits per heavy atom. The van der Waals surface area contributed by atoms with Gasteiger partial charge in [-0.3, -0.25) is 9.78 Å². The fourth-order valence-electron chi connectivity index (χ4n) is 3.81. The van der Waals surface area contributed by atoms with E-state index in [-0.39, 0.29) is 17.5 Å². The van der Waals surface area contributed by atoms with Crippen LogP contribution < -0.4 is 4.74 Å². The summed E-state index contributed by atoms with van der Waals surface area (Å²) in [7, 11) is 1.71. The molecule has 0 spiro atoms. The van der Waals surface area contributed by atoms with Crippen molar-refractivity contribution < 1.29 is 18.7 Å². The third-order valence-electron chi connectivity index (χ3n) is 5.96. The molecule has 0 bridgehead atoms. The first-order valence-electron chi connectivity index (χ1n) is 11.0. The summed E-state index contributed by atoms with van der Waals surface area (Å²) in [4.78, 5) is 17.8. The number of benzene rings is 1. The van der Waals surface area contributed by atoms with Gasteiger partial charge in [-0.05, 0) is 64.0 Å². The molecule has 0 saturated carbocycles. The molecular formula is C25H33FN2O3S. The Balaban J connectivity index is 0.000000427. The highest BCUT2D eigenvalue weighted by Crippen LogP contribution is 2.36. The SMILES string of the molecule is COC(C)(C)C.CSc1ccc(-c2cc3c(cn2)OC(C2CCN(C=O)CC2)C3)cc1F. The molecular weight excluding hydrogens is 427 g/mol. The standard InChI is InChI=1S/C20H21FN2O2S.C5H12O/c1-26-20-3-2-14(8-16(20)21)17-9-15-10-18(25-19(15)11-22-17)13-4-6-23(12-24)7-5-13;1-5(2,3)6-4/h2-3,8-9,11-13,18H,4-7,10H2,1H3;1-4H3. The highest BCUT2D eigenvalue weighted by molar-refractivity contribution is 7.98. The zero-order valence-electron chi connectivity index (χ0n) is 19.6. The van der Waals surface area contributed by atoms with Gasteiger partial charge in [0.25, 0.3) is 0 Å². The number of fused-ring (bicyclic) bond motifs is 1. The van der Waals surface area contributed by atoms with E-state index in [2.05, 4.69) is 4.98 Å². The van der Waals surface area contributed by atoms with Crippen molar-refractivity contribution in [1.82, 2.24) is 9.88 Å². The lowest BCUT2D eigenvalue weighted by atomic mass is 9.89.